The molecule has 1 aromatic carbocycles. The van der Waals surface area contributed by atoms with Crippen LogP contribution < -0.4 is 22.5 Å². The first kappa shape index (κ1) is 24.3. The number of nitrogens with two attached hydrogens (primary N) is 2. The van der Waals surface area contributed by atoms with Crippen LogP contribution in [0.25, 0.3) is 0 Å². The van der Waals surface area contributed by atoms with Crippen LogP contribution in [0.5, 0.6) is 0 Å². The normalized spacial score (nSPS) is 12.3. The molecule has 6 N–H and O–H groups in total. The largest absolute Gasteiger partial charge is 0.416 e. The molecule has 30 heavy (non-hydrogen) atoms. The maximum absolute atomic E-state index is 12.7. The van der Waals surface area contributed by atoms with Gasteiger partial charge < -0.3 is 16.5 Å². The minimum Gasteiger partial charge on any atom is -0.382 e. The van der Waals surface area contributed by atoms with Gasteiger partial charge in [0, 0.05) is 30.1 Å². The number of amidine groups is 1. The van der Waals surface area contributed by atoms with Crippen molar-refractivity contribution in [3.05, 3.63) is 81.9 Å². The van der Waals surface area contributed by atoms with Crippen molar-refractivity contribution in [1.29, 1.82) is 0 Å². The van der Waals surface area contributed by atoms with Crippen LogP contribution in [-0.4, -0.2) is 16.7 Å². The third-order valence-corrected chi connectivity index (χ3v) is 3.07. The van der Waals surface area contributed by atoms with Crippen LogP contribution in [-0.2, 0) is 17.1 Å². The molecule has 13 heteroatoms. The summed E-state index contributed by atoms with van der Waals surface area (Å²) in [6.45, 7) is 0. The molecule has 0 aliphatic rings. The summed E-state index contributed by atoms with van der Waals surface area (Å²) in [7, 11) is 0. The summed E-state index contributed by atoms with van der Waals surface area (Å²) in [5.74, 6) is -1.49. The molecule has 0 fully saturated rings. The van der Waals surface area contributed by atoms with Gasteiger partial charge in [-0.05, 0) is 24.3 Å². The number of carbonyl (C=O) groups is 1. The Morgan fingerprint density at radius 2 is 1.57 bits per heavy atom. The quantitative estimate of drug-likeness (QED) is 0.193. The van der Waals surface area contributed by atoms with Gasteiger partial charge in [0.2, 0.25) is 11.5 Å². The number of amides is 1. The minimum absolute atomic E-state index is 0.0306. The van der Waals surface area contributed by atoms with Crippen molar-refractivity contribution in [2.45, 2.75) is 12.4 Å². The number of aromatic amines is 1. The number of carbonyl (C=O) groups excluding carboxylic acids is 1. The third-order valence-electron chi connectivity index (χ3n) is 3.07. The number of alkyl halides is 6. The number of hydrazone groups is 1. The van der Waals surface area contributed by atoms with Crippen molar-refractivity contribution in [3.63, 3.8) is 0 Å². The summed E-state index contributed by atoms with van der Waals surface area (Å²) in [5.41, 5.74) is 8.47. The molecular weight excluding hydrogens is 420 g/mol. The molecule has 0 saturated heterocycles. The zero-order chi connectivity index (χ0) is 22.9. The fraction of sp³-hybridized carbons (Fsp3) is 0.118. The highest BCUT2D eigenvalue weighted by atomic mass is 19.4. The van der Waals surface area contributed by atoms with E-state index in [4.69, 9.17) is 11.5 Å². The van der Waals surface area contributed by atoms with E-state index >= 15 is 0 Å². The third kappa shape index (κ3) is 8.50. The molecule has 0 atom stereocenters. The summed E-state index contributed by atoms with van der Waals surface area (Å²) in [6.07, 6.45) is -6.65. The lowest BCUT2D eigenvalue weighted by Crippen LogP contribution is -2.20. The molecule has 0 spiro atoms. The van der Waals surface area contributed by atoms with Gasteiger partial charge in [-0.1, -0.05) is 6.07 Å². The first-order valence-electron chi connectivity index (χ1n) is 7.79. The molecule has 0 aliphatic heterocycles. The van der Waals surface area contributed by atoms with Crippen molar-refractivity contribution in [1.82, 2.24) is 10.4 Å². The fourth-order valence-corrected chi connectivity index (χ4v) is 1.77. The van der Waals surface area contributed by atoms with E-state index in [1.807, 2.05) is 0 Å². The smallest absolute Gasteiger partial charge is 0.382 e. The summed E-state index contributed by atoms with van der Waals surface area (Å²) in [6, 6.07) is 5.75. The van der Waals surface area contributed by atoms with Crippen molar-refractivity contribution >= 4 is 11.7 Å². The number of pyridine rings is 1. The van der Waals surface area contributed by atoms with Crippen LogP contribution in [0.1, 0.15) is 16.7 Å². The van der Waals surface area contributed by atoms with Gasteiger partial charge in [0.15, 0.2) is 5.84 Å². The molecule has 1 heterocycles. The van der Waals surface area contributed by atoms with Gasteiger partial charge in [-0.25, -0.2) is 0 Å². The van der Waals surface area contributed by atoms with E-state index in [9.17, 15) is 35.9 Å². The monoisotopic (exact) mass is 435 g/mol. The minimum atomic E-state index is -4.99. The molecule has 1 amide bonds. The summed E-state index contributed by atoms with van der Waals surface area (Å²) in [4.78, 5) is 23.1. The average Bonchev–Trinajstić information content (AvgIpc) is 2.64. The number of nitrogens with one attached hydrogen (secondary N) is 2. The van der Waals surface area contributed by atoms with E-state index in [1.54, 1.807) is 18.3 Å². The summed E-state index contributed by atoms with van der Waals surface area (Å²) < 4.78 is 76.0. The summed E-state index contributed by atoms with van der Waals surface area (Å²) in [5, 5.41) is 3.33. The molecule has 0 bridgehead atoms. The standard InChI is InChI=1S/C12H10F6N4O.C5H5NO/c13-11(14,15)7-3-6(4-8(5-7)12(16,17)18)10(20)22-21-2-1-9(19)23;7-5-3-1-2-4-6-5/h1-5,21H,(H2,19,23)(H2,20,22);1-4H,(H,6,7)/b2-1-;. The Morgan fingerprint density at radius 3 is 1.93 bits per heavy atom. The van der Waals surface area contributed by atoms with Gasteiger partial charge in [0.1, 0.15) is 0 Å². The molecular formula is C17H15F6N5O2. The van der Waals surface area contributed by atoms with E-state index in [2.05, 4.69) is 15.5 Å². The van der Waals surface area contributed by atoms with E-state index in [0.717, 1.165) is 12.3 Å². The van der Waals surface area contributed by atoms with Crippen LogP contribution in [0.15, 0.2) is 64.8 Å². The van der Waals surface area contributed by atoms with Crippen molar-refractivity contribution < 1.29 is 31.1 Å². The second-order valence-electron chi connectivity index (χ2n) is 5.38. The van der Waals surface area contributed by atoms with E-state index < -0.39 is 40.8 Å². The van der Waals surface area contributed by atoms with Crippen LogP contribution in [0.3, 0.4) is 0 Å². The molecule has 162 valence electrons. The first-order valence-corrected chi connectivity index (χ1v) is 7.79. The maximum atomic E-state index is 12.7. The van der Waals surface area contributed by atoms with Crippen LogP contribution in [0.2, 0.25) is 0 Å². The number of hydrogen-bond donors (Lipinski definition) is 4. The SMILES string of the molecule is NC(=O)/C=C\N/N=C(\N)c1cc(C(F)(F)F)cc(C(F)(F)F)c1.O=c1cccc[nH]1. The fourth-order valence-electron chi connectivity index (χ4n) is 1.77. The highest BCUT2D eigenvalue weighted by Crippen LogP contribution is 2.36. The number of nitrogens with zero attached hydrogens (tertiary/aromatic N) is 1. The molecule has 0 saturated carbocycles. The predicted molar refractivity (Wildman–Crippen MR) is 95.7 cm³/mol. The average molecular weight is 435 g/mol. The number of primary amides is 1. The van der Waals surface area contributed by atoms with Gasteiger partial charge in [0.05, 0.1) is 11.1 Å². The summed E-state index contributed by atoms with van der Waals surface area (Å²) >= 11 is 0. The van der Waals surface area contributed by atoms with Gasteiger partial charge in [0.25, 0.3) is 0 Å². The van der Waals surface area contributed by atoms with Crippen LogP contribution in [0, 0.1) is 0 Å². The molecule has 7 nitrogen and oxygen atoms in total. The Balaban J connectivity index is 0.000000539. The number of H-pyrrole nitrogens is 1. The predicted octanol–water partition coefficient (Wildman–Crippen LogP) is 2.31. The van der Waals surface area contributed by atoms with Crippen molar-refractivity contribution in [3.8, 4) is 0 Å². The molecule has 0 radical (unpaired) electrons. The number of benzene rings is 1. The van der Waals surface area contributed by atoms with Gasteiger partial charge >= 0.3 is 12.4 Å². The van der Waals surface area contributed by atoms with E-state index in [-0.39, 0.29) is 11.6 Å². The molecule has 2 rings (SSSR count). The lowest BCUT2D eigenvalue weighted by atomic mass is 10.0. The van der Waals surface area contributed by atoms with Gasteiger partial charge in [-0.2, -0.15) is 31.4 Å². The van der Waals surface area contributed by atoms with Crippen molar-refractivity contribution in [2.24, 2.45) is 16.6 Å². The number of rotatable bonds is 4. The lowest BCUT2D eigenvalue weighted by Gasteiger charge is -2.13. The van der Waals surface area contributed by atoms with Crippen LogP contribution in [0.4, 0.5) is 26.3 Å². The second-order valence-corrected chi connectivity index (χ2v) is 5.38. The molecule has 2 aromatic rings. The molecule has 1 aromatic heterocycles. The van der Waals surface area contributed by atoms with Crippen molar-refractivity contribution in [2.75, 3.05) is 0 Å². The van der Waals surface area contributed by atoms with E-state index in [1.165, 1.54) is 6.07 Å². The highest BCUT2D eigenvalue weighted by Gasteiger charge is 2.37. The van der Waals surface area contributed by atoms with Gasteiger partial charge in [-0.15, -0.1) is 0 Å². The second kappa shape index (κ2) is 10.1. The Morgan fingerprint density at radius 1 is 1.00 bits per heavy atom. The first-order chi connectivity index (χ1) is 13.8. The Hall–Kier alpha value is -3.77. The lowest BCUT2D eigenvalue weighted by molar-refractivity contribution is -0.143. The number of aromatic nitrogens is 1. The highest BCUT2D eigenvalue weighted by molar-refractivity contribution is 5.97. The van der Waals surface area contributed by atoms with E-state index in [0.29, 0.717) is 12.1 Å². The van der Waals surface area contributed by atoms with Crippen LogP contribution >= 0.6 is 0 Å². The topological polar surface area (TPSA) is 126 Å². The zero-order valence-corrected chi connectivity index (χ0v) is 14.9. The molecule has 0 aliphatic carbocycles. The number of halogens is 6. The Labute approximate surface area is 165 Å². The zero-order valence-electron chi connectivity index (χ0n) is 14.9. The Bertz CT molecular complexity index is 930. The number of hydrogen-bond acceptors (Lipinski definition) is 4. The molecule has 0 unspecified atom stereocenters. The Kier molecular flexibility index (Phi) is 8.20. The maximum Gasteiger partial charge on any atom is 0.416 e. The van der Waals surface area contributed by atoms with Gasteiger partial charge in [-0.3, -0.25) is 15.0 Å².